The lowest BCUT2D eigenvalue weighted by atomic mass is 10.00. The third-order valence-corrected chi connectivity index (χ3v) is 3.31. The molecule has 17 heavy (non-hydrogen) atoms. The fourth-order valence-corrected chi connectivity index (χ4v) is 2.29. The molecular formula is C15H22ClN. The summed E-state index contributed by atoms with van der Waals surface area (Å²) in [5.41, 5.74) is 8.40. The van der Waals surface area contributed by atoms with Gasteiger partial charge in [-0.1, -0.05) is 42.7 Å². The summed E-state index contributed by atoms with van der Waals surface area (Å²) < 4.78 is 0. The number of allylic oxidation sites excluding steroid dienone is 1. The van der Waals surface area contributed by atoms with Crippen LogP contribution in [-0.2, 0) is 0 Å². The lowest BCUT2D eigenvalue weighted by Crippen LogP contribution is -2.10. The van der Waals surface area contributed by atoms with Gasteiger partial charge in [-0.3, -0.25) is 0 Å². The van der Waals surface area contributed by atoms with Crippen molar-refractivity contribution >= 4 is 11.6 Å². The third-order valence-electron chi connectivity index (χ3n) is 2.98. The van der Waals surface area contributed by atoms with Gasteiger partial charge in [0.2, 0.25) is 0 Å². The molecule has 1 rings (SSSR count). The first kappa shape index (κ1) is 14.3. The monoisotopic (exact) mass is 251 g/mol. The van der Waals surface area contributed by atoms with Crippen molar-refractivity contribution in [1.29, 1.82) is 0 Å². The number of hydrogen-bond donors (Lipinski definition) is 1. The first-order chi connectivity index (χ1) is 8.15. The zero-order chi connectivity index (χ0) is 12.7. The Morgan fingerprint density at radius 3 is 2.76 bits per heavy atom. The topological polar surface area (TPSA) is 26.0 Å². The van der Waals surface area contributed by atoms with E-state index in [4.69, 9.17) is 17.3 Å². The molecule has 1 nitrogen and oxygen atoms in total. The van der Waals surface area contributed by atoms with E-state index in [2.05, 4.69) is 12.6 Å². The largest absolute Gasteiger partial charge is 0.324 e. The predicted molar refractivity (Wildman–Crippen MR) is 76.4 cm³/mol. The summed E-state index contributed by atoms with van der Waals surface area (Å²) in [5.74, 6) is 0. The Morgan fingerprint density at radius 2 is 2.12 bits per heavy atom. The summed E-state index contributed by atoms with van der Waals surface area (Å²) in [4.78, 5) is 0. The van der Waals surface area contributed by atoms with E-state index in [0.717, 1.165) is 29.8 Å². The van der Waals surface area contributed by atoms with Crippen LogP contribution >= 0.6 is 11.6 Å². The minimum Gasteiger partial charge on any atom is -0.324 e. The fourth-order valence-electron chi connectivity index (χ4n) is 1.92. The van der Waals surface area contributed by atoms with Gasteiger partial charge in [0.1, 0.15) is 0 Å². The van der Waals surface area contributed by atoms with E-state index < -0.39 is 0 Å². The molecule has 0 aliphatic rings. The van der Waals surface area contributed by atoms with E-state index in [1.165, 1.54) is 18.4 Å². The highest BCUT2D eigenvalue weighted by Crippen LogP contribution is 2.26. The van der Waals surface area contributed by atoms with E-state index >= 15 is 0 Å². The van der Waals surface area contributed by atoms with E-state index in [9.17, 15) is 0 Å². The van der Waals surface area contributed by atoms with Gasteiger partial charge in [0.05, 0.1) is 0 Å². The summed E-state index contributed by atoms with van der Waals surface area (Å²) in [7, 11) is 0. The average Bonchev–Trinajstić information content (AvgIpc) is 2.28. The molecule has 0 aliphatic carbocycles. The molecule has 1 aromatic carbocycles. The Morgan fingerprint density at radius 1 is 1.35 bits per heavy atom. The van der Waals surface area contributed by atoms with Crippen LogP contribution in [0.25, 0.3) is 0 Å². The summed E-state index contributed by atoms with van der Waals surface area (Å²) in [5, 5.41) is 0.795. The lowest BCUT2D eigenvalue weighted by Gasteiger charge is -2.14. The molecule has 0 radical (unpaired) electrons. The molecule has 0 fully saturated rings. The highest BCUT2D eigenvalue weighted by molar-refractivity contribution is 6.31. The molecule has 1 unspecified atom stereocenters. The van der Waals surface area contributed by atoms with Crippen molar-refractivity contribution in [2.24, 2.45) is 5.73 Å². The maximum absolute atomic E-state index is 6.19. The molecule has 1 aromatic rings. The Balaban J connectivity index is 2.41. The maximum Gasteiger partial charge on any atom is 0.0456 e. The molecular weight excluding hydrogens is 230 g/mol. The number of hydrogen-bond acceptors (Lipinski definition) is 1. The van der Waals surface area contributed by atoms with Gasteiger partial charge in [0.15, 0.2) is 0 Å². The summed E-state index contributed by atoms with van der Waals surface area (Å²) in [6.07, 6.45) is 7.64. The van der Waals surface area contributed by atoms with Crippen molar-refractivity contribution in [1.82, 2.24) is 0 Å². The van der Waals surface area contributed by atoms with Crippen molar-refractivity contribution in [3.63, 3.8) is 0 Å². The van der Waals surface area contributed by atoms with Gasteiger partial charge in [0.25, 0.3) is 0 Å². The highest BCUT2D eigenvalue weighted by atomic mass is 35.5. The van der Waals surface area contributed by atoms with Crippen molar-refractivity contribution in [3.8, 4) is 0 Å². The van der Waals surface area contributed by atoms with E-state index in [0.29, 0.717) is 0 Å². The van der Waals surface area contributed by atoms with Crippen molar-refractivity contribution in [2.45, 2.75) is 45.1 Å². The molecule has 0 amide bonds. The van der Waals surface area contributed by atoms with Gasteiger partial charge in [-0.25, -0.2) is 0 Å². The van der Waals surface area contributed by atoms with Crippen LogP contribution in [0.2, 0.25) is 5.02 Å². The number of nitrogens with two attached hydrogens (primary N) is 1. The molecule has 2 N–H and O–H groups in total. The molecule has 0 saturated heterocycles. The van der Waals surface area contributed by atoms with Crippen LogP contribution in [0, 0.1) is 6.92 Å². The Hall–Kier alpha value is -0.790. The molecule has 0 spiro atoms. The molecule has 0 aromatic heterocycles. The van der Waals surface area contributed by atoms with Gasteiger partial charge in [0, 0.05) is 11.1 Å². The quantitative estimate of drug-likeness (QED) is 0.548. The first-order valence-corrected chi connectivity index (χ1v) is 6.65. The Labute approximate surface area is 110 Å². The SMILES string of the molecule is C=CCCCCCC(N)c1ccc(C)cc1Cl. The normalized spacial score (nSPS) is 12.4. The molecule has 0 aliphatic heterocycles. The van der Waals surface area contributed by atoms with Gasteiger partial charge in [-0.05, 0) is 43.4 Å². The zero-order valence-corrected chi connectivity index (χ0v) is 11.3. The van der Waals surface area contributed by atoms with E-state index in [1.807, 2.05) is 25.1 Å². The van der Waals surface area contributed by atoms with Crippen LogP contribution in [0.3, 0.4) is 0 Å². The van der Waals surface area contributed by atoms with Crippen LogP contribution in [0.4, 0.5) is 0 Å². The lowest BCUT2D eigenvalue weighted by molar-refractivity contribution is 0.572. The van der Waals surface area contributed by atoms with Crippen LogP contribution in [-0.4, -0.2) is 0 Å². The van der Waals surface area contributed by atoms with Gasteiger partial charge >= 0.3 is 0 Å². The average molecular weight is 252 g/mol. The van der Waals surface area contributed by atoms with Crippen LogP contribution in [0.5, 0.6) is 0 Å². The Kier molecular flexibility index (Phi) is 6.31. The number of unbranched alkanes of at least 4 members (excludes halogenated alkanes) is 3. The summed E-state index contributed by atoms with van der Waals surface area (Å²) in [6.45, 7) is 5.76. The number of halogens is 1. The number of benzene rings is 1. The van der Waals surface area contributed by atoms with Crippen LogP contribution in [0.1, 0.15) is 49.3 Å². The summed E-state index contributed by atoms with van der Waals surface area (Å²) in [6, 6.07) is 6.16. The molecule has 0 saturated carbocycles. The molecule has 0 heterocycles. The molecule has 0 bridgehead atoms. The van der Waals surface area contributed by atoms with Gasteiger partial charge in [-0.15, -0.1) is 6.58 Å². The van der Waals surface area contributed by atoms with Crippen molar-refractivity contribution < 1.29 is 0 Å². The minimum atomic E-state index is 0.0619. The summed E-state index contributed by atoms with van der Waals surface area (Å²) >= 11 is 6.19. The number of rotatable bonds is 7. The van der Waals surface area contributed by atoms with E-state index in [-0.39, 0.29) is 6.04 Å². The van der Waals surface area contributed by atoms with Gasteiger partial charge < -0.3 is 5.73 Å². The first-order valence-electron chi connectivity index (χ1n) is 6.27. The van der Waals surface area contributed by atoms with E-state index in [1.54, 1.807) is 0 Å². The predicted octanol–water partition coefficient (Wildman–Crippen LogP) is 4.78. The molecule has 1 atom stereocenters. The van der Waals surface area contributed by atoms with Crippen LogP contribution < -0.4 is 5.73 Å². The Bertz CT molecular complexity index is 360. The second-order valence-electron chi connectivity index (χ2n) is 4.56. The standard InChI is InChI=1S/C15H22ClN/c1-3-4-5-6-7-8-15(17)13-10-9-12(2)11-14(13)16/h3,9-11,15H,1,4-8,17H2,2H3. The fraction of sp³-hybridized carbons (Fsp3) is 0.467. The third kappa shape index (κ3) is 4.93. The second kappa shape index (κ2) is 7.52. The van der Waals surface area contributed by atoms with Crippen molar-refractivity contribution in [3.05, 3.63) is 47.0 Å². The smallest absolute Gasteiger partial charge is 0.0456 e. The van der Waals surface area contributed by atoms with Gasteiger partial charge in [-0.2, -0.15) is 0 Å². The minimum absolute atomic E-state index is 0.0619. The zero-order valence-electron chi connectivity index (χ0n) is 10.6. The molecule has 94 valence electrons. The molecule has 2 heteroatoms. The highest BCUT2D eigenvalue weighted by Gasteiger charge is 2.09. The second-order valence-corrected chi connectivity index (χ2v) is 4.97. The van der Waals surface area contributed by atoms with Crippen molar-refractivity contribution in [2.75, 3.05) is 0 Å². The maximum atomic E-state index is 6.19. The van der Waals surface area contributed by atoms with Crippen LogP contribution in [0.15, 0.2) is 30.9 Å². The number of aryl methyl sites for hydroxylation is 1.